The maximum absolute atomic E-state index is 11.8. The number of hydrogen-bond donors (Lipinski definition) is 1. The zero-order valence-electron chi connectivity index (χ0n) is 9.92. The first-order valence-electron chi connectivity index (χ1n) is 5.10. The van der Waals surface area contributed by atoms with Gasteiger partial charge in [-0.05, 0) is 19.9 Å². The highest BCUT2D eigenvalue weighted by Gasteiger charge is 2.20. The molecule has 1 aromatic rings. The van der Waals surface area contributed by atoms with Gasteiger partial charge >= 0.3 is 5.69 Å². The lowest BCUT2D eigenvalue weighted by atomic mass is 9.91. The van der Waals surface area contributed by atoms with Crippen molar-refractivity contribution in [1.82, 2.24) is 9.55 Å². The van der Waals surface area contributed by atoms with Crippen molar-refractivity contribution >= 4 is 12.2 Å². The molecule has 0 unspecified atom stereocenters. The van der Waals surface area contributed by atoms with Crippen LogP contribution >= 0.6 is 12.2 Å². The third kappa shape index (κ3) is 2.56. The molecule has 1 rings (SSSR count). The van der Waals surface area contributed by atoms with E-state index in [-0.39, 0.29) is 17.1 Å². The molecule has 0 amide bonds. The molecule has 0 aliphatic carbocycles. The summed E-state index contributed by atoms with van der Waals surface area (Å²) in [5, 5.41) is 0. The van der Waals surface area contributed by atoms with Gasteiger partial charge in [-0.15, -0.1) is 0 Å². The topological polar surface area (TPSA) is 37.8 Å². The van der Waals surface area contributed by atoms with Gasteiger partial charge in [0.15, 0.2) is 0 Å². The Hall–Kier alpha value is -0.900. The minimum Gasteiger partial charge on any atom is -0.298 e. The summed E-state index contributed by atoms with van der Waals surface area (Å²) in [6.07, 6.45) is 0. The lowest BCUT2D eigenvalue weighted by Crippen LogP contribution is -2.32. The number of rotatable bonds is 1. The first kappa shape index (κ1) is 12.2. The van der Waals surface area contributed by atoms with Gasteiger partial charge in [-0.3, -0.25) is 9.55 Å². The molecule has 1 aromatic heterocycles. The number of aromatic nitrogens is 2. The predicted molar refractivity (Wildman–Crippen MR) is 65.0 cm³/mol. The van der Waals surface area contributed by atoms with E-state index in [0.717, 1.165) is 5.69 Å². The van der Waals surface area contributed by atoms with Crippen LogP contribution in [0.15, 0.2) is 10.9 Å². The molecule has 0 fully saturated rings. The average Bonchev–Trinajstić information content (AvgIpc) is 1.99. The van der Waals surface area contributed by atoms with Crippen molar-refractivity contribution in [2.24, 2.45) is 0 Å². The molecule has 1 N–H and O–H groups in total. The lowest BCUT2D eigenvalue weighted by molar-refractivity contribution is 0.458. The zero-order chi connectivity index (χ0) is 11.8. The maximum atomic E-state index is 11.8. The van der Waals surface area contributed by atoms with Gasteiger partial charge in [0, 0.05) is 17.2 Å². The van der Waals surface area contributed by atoms with E-state index in [0.29, 0.717) is 4.64 Å². The quantitative estimate of drug-likeness (QED) is 0.748. The Morgan fingerprint density at radius 1 is 1.40 bits per heavy atom. The molecule has 0 aromatic carbocycles. The first-order valence-corrected chi connectivity index (χ1v) is 5.50. The highest BCUT2D eigenvalue weighted by Crippen LogP contribution is 2.22. The molecule has 0 aliphatic rings. The molecule has 0 saturated heterocycles. The van der Waals surface area contributed by atoms with Crippen LogP contribution in [-0.4, -0.2) is 9.55 Å². The molecule has 0 aliphatic heterocycles. The maximum Gasteiger partial charge on any atom is 0.326 e. The Bertz CT molecular complexity index is 463. The van der Waals surface area contributed by atoms with Crippen molar-refractivity contribution < 1.29 is 0 Å². The van der Waals surface area contributed by atoms with E-state index in [2.05, 4.69) is 25.8 Å². The highest BCUT2D eigenvalue weighted by atomic mass is 32.1. The summed E-state index contributed by atoms with van der Waals surface area (Å²) < 4.78 is 2.26. The van der Waals surface area contributed by atoms with Gasteiger partial charge in [-0.25, -0.2) is 4.79 Å². The number of hydrogen-bond acceptors (Lipinski definition) is 2. The number of nitrogens with zero attached hydrogens (tertiary/aromatic N) is 1. The van der Waals surface area contributed by atoms with Gasteiger partial charge in [0.2, 0.25) is 0 Å². The average molecular weight is 226 g/mol. The van der Waals surface area contributed by atoms with E-state index in [1.165, 1.54) is 0 Å². The highest BCUT2D eigenvalue weighted by molar-refractivity contribution is 7.71. The zero-order valence-corrected chi connectivity index (χ0v) is 10.7. The molecule has 0 atom stereocenters. The summed E-state index contributed by atoms with van der Waals surface area (Å²) in [4.78, 5) is 14.4. The molecule has 0 bridgehead atoms. The van der Waals surface area contributed by atoms with Gasteiger partial charge in [-0.1, -0.05) is 33.0 Å². The molecule has 0 radical (unpaired) electrons. The molecule has 0 saturated carbocycles. The van der Waals surface area contributed by atoms with Crippen molar-refractivity contribution in [2.45, 2.75) is 46.1 Å². The van der Waals surface area contributed by atoms with E-state index >= 15 is 0 Å². The van der Waals surface area contributed by atoms with Gasteiger partial charge in [-0.2, -0.15) is 0 Å². The normalized spacial score (nSPS) is 12.1. The predicted octanol–water partition coefficient (Wildman–Crippen LogP) is 2.78. The molecule has 84 valence electrons. The van der Waals surface area contributed by atoms with Crippen LogP contribution in [0.3, 0.4) is 0 Å². The lowest BCUT2D eigenvalue weighted by Gasteiger charge is -2.25. The van der Waals surface area contributed by atoms with Crippen LogP contribution in [0.4, 0.5) is 0 Å². The van der Waals surface area contributed by atoms with Crippen LogP contribution < -0.4 is 5.69 Å². The second kappa shape index (κ2) is 3.93. The van der Waals surface area contributed by atoms with Crippen LogP contribution in [0.25, 0.3) is 0 Å². The van der Waals surface area contributed by atoms with Crippen molar-refractivity contribution in [3.05, 3.63) is 26.9 Å². The van der Waals surface area contributed by atoms with Crippen LogP contribution in [0.2, 0.25) is 0 Å². The van der Waals surface area contributed by atoms with Gasteiger partial charge in [0.05, 0.1) is 0 Å². The van der Waals surface area contributed by atoms with Crippen LogP contribution in [0.1, 0.15) is 46.4 Å². The van der Waals surface area contributed by atoms with E-state index in [1.807, 2.05) is 19.9 Å². The molecule has 3 nitrogen and oxygen atoms in total. The minimum absolute atomic E-state index is 0.0773. The number of H-pyrrole nitrogens is 1. The van der Waals surface area contributed by atoms with E-state index in [1.54, 1.807) is 4.57 Å². The summed E-state index contributed by atoms with van der Waals surface area (Å²) in [5.74, 6) is 0. The summed E-state index contributed by atoms with van der Waals surface area (Å²) in [7, 11) is 0. The van der Waals surface area contributed by atoms with Crippen molar-refractivity contribution in [3.63, 3.8) is 0 Å². The molecular weight excluding hydrogens is 208 g/mol. The largest absolute Gasteiger partial charge is 0.326 e. The Morgan fingerprint density at radius 2 is 1.93 bits per heavy atom. The van der Waals surface area contributed by atoms with Gasteiger partial charge in [0.1, 0.15) is 4.64 Å². The third-order valence-corrected chi connectivity index (χ3v) is 2.48. The second-order valence-corrected chi connectivity index (χ2v) is 5.48. The van der Waals surface area contributed by atoms with E-state index in [9.17, 15) is 4.79 Å². The molecule has 0 spiro atoms. The SMILES string of the molecule is CC(C)n1c(C(C)(C)C)cc(=S)[nH]c1=O. The minimum atomic E-state index is -0.123. The van der Waals surface area contributed by atoms with Gasteiger partial charge < -0.3 is 0 Å². The van der Waals surface area contributed by atoms with Gasteiger partial charge in [0.25, 0.3) is 0 Å². The Morgan fingerprint density at radius 3 is 2.33 bits per heavy atom. The summed E-state index contributed by atoms with van der Waals surface area (Å²) in [6.45, 7) is 10.2. The van der Waals surface area contributed by atoms with Crippen LogP contribution in [0, 0.1) is 4.64 Å². The monoisotopic (exact) mass is 226 g/mol. The summed E-state index contributed by atoms with van der Waals surface area (Å²) in [6, 6.07) is 2.01. The number of aromatic amines is 1. The van der Waals surface area contributed by atoms with Crippen LogP contribution in [0.5, 0.6) is 0 Å². The fourth-order valence-electron chi connectivity index (χ4n) is 1.60. The smallest absolute Gasteiger partial charge is 0.298 e. The van der Waals surface area contributed by atoms with E-state index in [4.69, 9.17) is 12.2 Å². The fraction of sp³-hybridized carbons (Fsp3) is 0.636. The van der Waals surface area contributed by atoms with Crippen molar-refractivity contribution in [2.75, 3.05) is 0 Å². The Labute approximate surface area is 95.2 Å². The Kier molecular flexibility index (Phi) is 3.19. The van der Waals surface area contributed by atoms with E-state index < -0.39 is 0 Å². The summed E-state index contributed by atoms with van der Waals surface area (Å²) >= 11 is 5.03. The molecule has 4 heteroatoms. The van der Waals surface area contributed by atoms with Crippen LogP contribution in [-0.2, 0) is 5.41 Å². The fourth-order valence-corrected chi connectivity index (χ4v) is 1.79. The second-order valence-electron chi connectivity index (χ2n) is 5.04. The molecule has 15 heavy (non-hydrogen) atoms. The first-order chi connectivity index (χ1) is 6.73. The molecule has 1 heterocycles. The Balaban J connectivity index is 3.62. The van der Waals surface area contributed by atoms with Crippen molar-refractivity contribution in [1.29, 1.82) is 0 Å². The van der Waals surface area contributed by atoms with Crippen molar-refractivity contribution in [3.8, 4) is 0 Å². The summed E-state index contributed by atoms with van der Waals surface area (Å²) in [5.41, 5.74) is 0.778. The third-order valence-electron chi connectivity index (χ3n) is 2.26. The standard InChI is InChI=1S/C11H18N2OS/c1-7(2)13-8(11(3,4)5)6-9(15)12-10(13)14/h6-7H,1-5H3,(H,12,14,15). The number of nitrogens with one attached hydrogen (secondary N) is 1. The molecular formula is C11H18N2OS.